The topological polar surface area (TPSA) is 47.4 Å². The van der Waals surface area contributed by atoms with Crippen LogP contribution in [0.5, 0.6) is 0 Å². The van der Waals surface area contributed by atoms with Gasteiger partial charge >= 0.3 is 0 Å². The first-order valence-electron chi connectivity index (χ1n) is 10.3. The summed E-state index contributed by atoms with van der Waals surface area (Å²) in [5.41, 5.74) is 2.58. The number of nitrogens with zero attached hydrogens (tertiary/aromatic N) is 2. The van der Waals surface area contributed by atoms with E-state index < -0.39 is 5.41 Å². The highest BCUT2D eigenvalue weighted by atomic mass is 35.5. The molecule has 2 aromatic rings. The van der Waals surface area contributed by atoms with Crippen molar-refractivity contribution in [3.63, 3.8) is 0 Å². The summed E-state index contributed by atoms with van der Waals surface area (Å²) in [7, 11) is 4.07. The normalized spacial score (nSPS) is 22.0. The first-order chi connectivity index (χ1) is 13.9. The largest absolute Gasteiger partial charge is 0.309 e. The van der Waals surface area contributed by atoms with Crippen molar-refractivity contribution >= 4 is 23.3 Å². The Morgan fingerprint density at radius 1 is 1.14 bits per heavy atom. The molecule has 1 saturated carbocycles. The number of hydrogen-bond acceptors (Lipinski definition) is 3. The third-order valence-electron chi connectivity index (χ3n) is 6.20. The van der Waals surface area contributed by atoms with Crippen LogP contribution < -0.4 is 0 Å². The summed E-state index contributed by atoms with van der Waals surface area (Å²) in [6, 6.07) is 16.1. The van der Waals surface area contributed by atoms with Gasteiger partial charge < -0.3 is 4.90 Å². The van der Waals surface area contributed by atoms with Gasteiger partial charge in [0.15, 0.2) is 0 Å². The zero-order chi connectivity index (χ0) is 20.6. The molecule has 1 aliphatic carbocycles. The summed E-state index contributed by atoms with van der Waals surface area (Å²) in [6.07, 6.45) is 3.51. The molecule has 1 unspecified atom stereocenters. The number of benzene rings is 2. The third kappa shape index (κ3) is 3.84. The number of carbonyl (C=O) groups excluding carboxylic acids is 1. The molecule has 0 aromatic heterocycles. The van der Waals surface area contributed by atoms with Crippen LogP contribution in [0.3, 0.4) is 0 Å². The van der Waals surface area contributed by atoms with Crippen molar-refractivity contribution in [3.05, 3.63) is 59.1 Å². The van der Waals surface area contributed by atoms with Gasteiger partial charge in [0.1, 0.15) is 5.84 Å². The van der Waals surface area contributed by atoms with Gasteiger partial charge in [0.2, 0.25) is 5.91 Å². The summed E-state index contributed by atoms with van der Waals surface area (Å²) in [4.78, 5) is 17.5. The van der Waals surface area contributed by atoms with Crippen LogP contribution in [0.15, 0.2) is 48.5 Å². The van der Waals surface area contributed by atoms with E-state index in [1.165, 1.54) is 0 Å². The molecule has 1 atom stereocenters. The number of likely N-dealkylation sites (tertiary alicyclic amines) is 1. The molecule has 1 amide bonds. The molecule has 1 N–H and O–H groups in total. The Kier molecular flexibility index (Phi) is 5.50. The van der Waals surface area contributed by atoms with Crippen molar-refractivity contribution in [2.45, 2.75) is 31.1 Å². The van der Waals surface area contributed by atoms with Crippen LogP contribution in [0, 0.1) is 11.3 Å². The van der Waals surface area contributed by atoms with Crippen LogP contribution >= 0.6 is 11.6 Å². The summed E-state index contributed by atoms with van der Waals surface area (Å²) >= 11 is 6.19. The Morgan fingerprint density at radius 3 is 2.48 bits per heavy atom. The van der Waals surface area contributed by atoms with E-state index in [1.807, 2.05) is 44.4 Å². The zero-order valence-corrected chi connectivity index (χ0v) is 17.9. The van der Waals surface area contributed by atoms with E-state index in [0.717, 1.165) is 42.5 Å². The second-order valence-electron chi connectivity index (χ2n) is 8.57. The number of rotatable bonds is 7. The minimum atomic E-state index is -0.580. The fourth-order valence-electron chi connectivity index (χ4n) is 4.58. The lowest BCUT2D eigenvalue weighted by Crippen LogP contribution is -2.41. The Balaban J connectivity index is 1.67. The molecular weight excluding hydrogens is 382 g/mol. The molecule has 2 fully saturated rings. The molecule has 152 valence electrons. The molecule has 2 aromatic carbocycles. The number of carbonyl (C=O) groups is 1. The quantitative estimate of drug-likeness (QED) is 0.712. The molecule has 0 spiro atoms. The molecule has 2 aliphatic rings. The minimum Gasteiger partial charge on any atom is -0.309 e. The van der Waals surface area contributed by atoms with Crippen LogP contribution in [0.1, 0.15) is 31.2 Å². The monoisotopic (exact) mass is 409 g/mol. The number of halogens is 1. The van der Waals surface area contributed by atoms with Crippen LogP contribution in [-0.2, 0) is 10.2 Å². The van der Waals surface area contributed by atoms with Crippen LogP contribution in [-0.4, -0.2) is 48.7 Å². The standard InChI is InChI=1S/C24H28ClN3O/c1-27(2)12-5-13-28-22(26)16-24(23(28)29,19-10-11-19)20-8-3-6-17(14-20)18-7-4-9-21(25)15-18/h3-4,6-9,14-15,19,26H,5,10-13,16H2,1-2H3. The van der Waals surface area contributed by atoms with Gasteiger partial charge in [0.25, 0.3) is 0 Å². The van der Waals surface area contributed by atoms with Crippen molar-refractivity contribution in [2.24, 2.45) is 5.92 Å². The van der Waals surface area contributed by atoms with Crippen LogP contribution in [0.4, 0.5) is 0 Å². The van der Waals surface area contributed by atoms with Gasteiger partial charge in [-0.05, 0) is 74.6 Å². The molecule has 29 heavy (non-hydrogen) atoms. The van der Waals surface area contributed by atoms with Crippen molar-refractivity contribution < 1.29 is 4.79 Å². The van der Waals surface area contributed by atoms with Gasteiger partial charge in [-0.15, -0.1) is 0 Å². The molecule has 4 nitrogen and oxygen atoms in total. The van der Waals surface area contributed by atoms with Crippen LogP contribution in [0.25, 0.3) is 11.1 Å². The number of amides is 1. The lowest BCUT2D eigenvalue weighted by Gasteiger charge is -2.28. The van der Waals surface area contributed by atoms with Crippen molar-refractivity contribution in [1.82, 2.24) is 9.80 Å². The molecule has 4 rings (SSSR count). The first kappa shape index (κ1) is 20.1. The highest BCUT2D eigenvalue weighted by Crippen LogP contribution is 2.54. The number of nitrogens with one attached hydrogen (secondary N) is 1. The van der Waals surface area contributed by atoms with Gasteiger partial charge in [0, 0.05) is 18.0 Å². The maximum Gasteiger partial charge on any atom is 0.239 e. The Morgan fingerprint density at radius 2 is 1.83 bits per heavy atom. The van der Waals surface area contributed by atoms with Crippen LogP contribution in [0.2, 0.25) is 5.02 Å². The predicted molar refractivity (Wildman–Crippen MR) is 119 cm³/mol. The van der Waals surface area contributed by atoms with E-state index in [2.05, 4.69) is 23.1 Å². The lowest BCUT2D eigenvalue weighted by atomic mass is 9.74. The molecule has 0 bridgehead atoms. The molecule has 1 saturated heterocycles. The zero-order valence-electron chi connectivity index (χ0n) is 17.1. The third-order valence-corrected chi connectivity index (χ3v) is 6.43. The Bertz CT molecular complexity index is 937. The second-order valence-corrected chi connectivity index (χ2v) is 9.01. The van der Waals surface area contributed by atoms with Crippen molar-refractivity contribution in [1.29, 1.82) is 5.41 Å². The summed E-state index contributed by atoms with van der Waals surface area (Å²) in [5, 5.41) is 9.27. The summed E-state index contributed by atoms with van der Waals surface area (Å²) in [6.45, 7) is 1.54. The van der Waals surface area contributed by atoms with Gasteiger partial charge in [-0.1, -0.05) is 48.0 Å². The van der Waals surface area contributed by atoms with Gasteiger partial charge in [-0.2, -0.15) is 0 Å². The van der Waals surface area contributed by atoms with Crippen molar-refractivity contribution in [2.75, 3.05) is 27.2 Å². The molecule has 1 heterocycles. The maximum atomic E-state index is 13.6. The summed E-state index contributed by atoms with van der Waals surface area (Å²) in [5.74, 6) is 0.921. The van der Waals surface area contributed by atoms with E-state index in [4.69, 9.17) is 17.0 Å². The van der Waals surface area contributed by atoms with E-state index >= 15 is 0 Å². The van der Waals surface area contributed by atoms with Crippen molar-refractivity contribution in [3.8, 4) is 11.1 Å². The minimum absolute atomic E-state index is 0.118. The molecular formula is C24H28ClN3O. The number of hydrogen-bond donors (Lipinski definition) is 1. The Hall–Kier alpha value is -2.17. The van der Waals surface area contributed by atoms with E-state index in [1.54, 1.807) is 4.90 Å². The fourth-order valence-corrected chi connectivity index (χ4v) is 4.77. The van der Waals surface area contributed by atoms with Gasteiger partial charge in [-0.25, -0.2) is 0 Å². The van der Waals surface area contributed by atoms with E-state index in [9.17, 15) is 4.79 Å². The van der Waals surface area contributed by atoms with Gasteiger partial charge in [0.05, 0.1) is 5.41 Å². The average Bonchev–Trinajstić information content (AvgIpc) is 3.51. The SMILES string of the molecule is CN(C)CCCN1C(=N)CC(c2cccc(-c3cccc(Cl)c3)c2)(C2CC2)C1=O. The average molecular weight is 410 g/mol. The molecule has 5 heteroatoms. The highest BCUT2D eigenvalue weighted by molar-refractivity contribution is 6.30. The maximum absolute atomic E-state index is 13.6. The van der Waals surface area contributed by atoms with E-state index in [0.29, 0.717) is 29.7 Å². The molecule has 1 aliphatic heterocycles. The predicted octanol–water partition coefficient (Wildman–Crippen LogP) is 4.82. The number of amidine groups is 1. The second kappa shape index (κ2) is 7.92. The van der Waals surface area contributed by atoms with Gasteiger partial charge in [-0.3, -0.25) is 15.1 Å². The first-order valence-corrected chi connectivity index (χ1v) is 10.7. The smallest absolute Gasteiger partial charge is 0.239 e. The van der Waals surface area contributed by atoms with E-state index in [-0.39, 0.29) is 5.91 Å². The molecule has 0 radical (unpaired) electrons. The highest BCUT2D eigenvalue weighted by Gasteiger charge is 2.58. The Labute approximate surface area is 178 Å². The summed E-state index contributed by atoms with van der Waals surface area (Å²) < 4.78 is 0. The fraction of sp³-hybridized carbons (Fsp3) is 0.417. The lowest BCUT2D eigenvalue weighted by molar-refractivity contribution is -0.131.